The number of carbonyl (C=O) groups is 1. The first-order chi connectivity index (χ1) is 9.66. The third-order valence-electron chi connectivity index (χ3n) is 3.24. The van der Waals surface area contributed by atoms with Crippen molar-refractivity contribution in [2.45, 2.75) is 36.1 Å². The summed E-state index contributed by atoms with van der Waals surface area (Å²) in [6.45, 7) is 6.11. The number of halogens is 1. The maximum atomic E-state index is 12.1. The Balaban J connectivity index is 0.00000220. The van der Waals surface area contributed by atoms with Gasteiger partial charge >= 0.3 is 0 Å². The van der Waals surface area contributed by atoms with Crippen molar-refractivity contribution < 1.29 is 9.53 Å². The van der Waals surface area contributed by atoms with Crippen LogP contribution in [0.5, 0.6) is 0 Å². The molecule has 2 rings (SSSR count). The molecule has 3 atom stereocenters. The van der Waals surface area contributed by atoms with Crippen LogP contribution in [-0.2, 0) is 9.53 Å². The molecule has 1 unspecified atom stereocenters. The van der Waals surface area contributed by atoms with Crippen LogP contribution in [0, 0.1) is 0 Å². The zero-order valence-electron chi connectivity index (χ0n) is 12.4. The molecular weight excluding hydrogens is 308 g/mol. The standard InChI is InChI=1S/C15H22N2O2S.ClH/c1-11(20-13-6-4-3-5-7-13)10-17-15(18)14-12(2)19-9-8-16-14;/h3-7,11-12,14,16H,8-10H2,1-2H3,(H,17,18);1H/t11?,12-,14+;/m1./s1. The monoisotopic (exact) mass is 330 g/mol. The molecule has 6 heteroatoms. The first-order valence-electron chi connectivity index (χ1n) is 7.01. The first kappa shape index (κ1) is 18.3. The maximum Gasteiger partial charge on any atom is 0.239 e. The summed E-state index contributed by atoms with van der Waals surface area (Å²) in [4.78, 5) is 13.3. The third-order valence-corrected chi connectivity index (χ3v) is 4.36. The number of hydrogen-bond donors (Lipinski definition) is 2. The number of rotatable bonds is 5. The van der Waals surface area contributed by atoms with Crippen molar-refractivity contribution in [1.82, 2.24) is 10.6 Å². The number of nitrogens with one attached hydrogen (secondary N) is 2. The molecule has 1 fully saturated rings. The normalized spacial score (nSPS) is 23.0. The van der Waals surface area contributed by atoms with Gasteiger partial charge in [-0.3, -0.25) is 4.79 Å². The Hall–Kier alpha value is -0.750. The number of carbonyl (C=O) groups excluding carboxylic acids is 1. The fourth-order valence-corrected chi connectivity index (χ4v) is 3.10. The minimum atomic E-state index is -0.238. The third kappa shape index (κ3) is 5.87. The second-order valence-electron chi connectivity index (χ2n) is 4.99. The number of morpholine rings is 1. The van der Waals surface area contributed by atoms with E-state index < -0.39 is 0 Å². The van der Waals surface area contributed by atoms with E-state index in [1.54, 1.807) is 11.8 Å². The molecular formula is C15H23ClN2O2S. The lowest BCUT2D eigenvalue weighted by molar-refractivity contribution is -0.128. The molecule has 0 radical (unpaired) electrons. The van der Waals surface area contributed by atoms with Crippen molar-refractivity contribution in [2.75, 3.05) is 19.7 Å². The number of thioether (sulfide) groups is 1. The fourth-order valence-electron chi connectivity index (χ4n) is 2.15. The predicted molar refractivity (Wildman–Crippen MR) is 89.2 cm³/mol. The summed E-state index contributed by atoms with van der Waals surface area (Å²) in [5.74, 6) is 0.0257. The number of amides is 1. The smallest absolute Gasteiger partial charge is 0.239 e. The summed E-state index contributed by atoms with van der Waals surface area (Å²) >= 11 is 1.77. The Morgan fingerprint density at radius 3 is 2.86 bits per heavy atom. The Labute approximate surface area is 136 Å². The molecule has 21 heavy (non-hydrogen) atoms. The second-order valence-corrected chi connectivity index (χ2v) is 6.51. The first-order valence-corrected chi connectivity index (χ1v) is 7.89. The van der Waals surface area contributed by atoms with Crippen LogP contribution < -0.4 is 10.6 Å². The Morgan fingerprint density at radius 1 is 1.48 bits per heavy atom. The van der Waals surface area contributed by atoms with Gasteiger partial charge in [-0.1, -0.05) is 25.1 Å². The summed E-state index contributed by atoms with van der Waals surface area (Å²) in [7, 11) is 0. The van der Waals surface area contributed by atoms with Crippen molar-refractivity contribution in [1.29, 1.82) is 0 Å². The van der Waals surface area contributed by atoms with Crippen molar-refractivity contribution in [3.63, 3.8) is 0 Å². The van der Waals surface area contributed by atoms with Gasteiger partial charge in [0, 0.05) is 23.2 Å². The lowest BCUT2D eigenvalue weighted by atomic mass is 10.1. The number of hydrogen-bond acceptors (Lipinski definition) is 4. The predicted octanol–water partition coefficient (Wildman–Crippen LogP) is 2.08. The minimum Gasteiger partial charge on any atom is -0.375 e. The molecule has 0 aromatic heterocycles. The van der Waals surface area contributed by atoms with Gasteiger partial charge < -0.3 is 15.4 Å². The SMILES string of the molecule is CC(CNC(=O)[C@H]1NCCO[C@@H]1C)Sc1ccccc1.Cl. The van der Waals surface area contributed by atoms with E-state index in [-0.39, 0.29) is 30.5 Å². The summed E-state index contributed by atoms with van der Waals surface area (Å²) in [5.41, 5.74) is 0. The van der Waals surface area contributed by atoms with Gasteiger partial charge in [-0.25, -0.2) is 0 Å². The molecule has 1 aliphatic heterocycles. The minimum absolute atomic E-state index is 0. The summed E-state index contributed by atoms with van der Waals surface area (Å²) in [5, 5.41) is 6.53. The highest BCUT2D eigenvalue weighted by molar-refractivity contribution is 8.00. The van der Waals surface area contributed by atoms with E-state index in [4.69, 9.17) is 4.74 Å². The van der Waals surface area contributed by atoms with E-state index in [1.807, 2.05) is 25.1 Å². The summed E-state index contributed by atoms with van der Waals surface area (Å²) in [6.07, 6.45) is -0.0687. The number of ether oxygens (including phenoxy) is 1. The lowest BCUT2D eigenvalue weighted by Gasteiger charge is -2.29. The maximum absolute atomic E-state index is 12.1. The summed E-state index contributed by atoms with van der Waals surface area (Å²) in [6, 6.07) is 9.99. The quantitative estimate of drug-likeness (QED) is 0.812. The number of benzene rings is 1. The average Bonchev–Trinajstić information content (AvgIpc) is 2.46. The van der Waals surface area contributed by atoms with Gasteiger partial charge in [-0.2, -0.15) is 0 Å². The van der Waals surface area contributed by atoms with Gasteiger partial charge in [0.15, 0.2) is 0 Å². The molecule has 118 valence electrons. The van der Waals surface area contributed by atoms with E-state index in [0.717, 1.165) is 6.54 Å². The van der Waals surface area contributed by atoms with Gasteiger partial charge in [0.2, 0.25) is 5.91 Å². The van der Waals surface area contributed by atoms with Crippen molar-refractivity contribution in [3.05, 3.63) is 30.3 Å². The van der Waals surface area contributed by atoms with Crippen molar-refractivity contribution in [2.24, 2.45) is 0 Å². The van der Waals surface area contributed by atoms with Crippen LogP contribution in [-0.4, -0.2) is 43.0 Å². The highest BCUT2D eigenvalue weighted by atomic mass is 35.5. The Kier molecular flexibility index (Phi) is 8.11. The van der Waals surface area contributed by atoms with Crippen LogP contribution >= 0.6 is 24.2 Å². The average molecular weight is 331 g/mol. The molecule has 0 aliphatic carbocycles. The Bertz CT molecular complexity index is 433. The summed E-state index contributed by atoms with van der Waals surface area (Å²) < 4.78 is 5.49. The highest BCUT2D eigenvalue weighted by Crippen LogP contribution is 2.21. The molecule has 4 nitrogen and oxygen atoms in total. The Morgan fingerprint density at radius 2 is 2.19 bits per heavy atom. The molecule has 2 N–H and O–H groups in total. The zero-order valence-corrected chi connectivity index (χ0v) is 14.0. The van der Waals surface area contributed by atoms with Gasteiger partial charge in [-0.15, -0.1) is 24.2 Å². The highest BCUT2D eigenvalue weighted by Gasteiger charge is 2.28. The molecule has 1 aromatic rings. The zero-order chi connectivity index (χ0) is 14.4. The van der Waals surface area contributed by atoms with Gasteiger partial charge in [0.05, 0.1) is 12.7 Å². The van der Waals surface area contributed by atoms with E-state index in [1.165, 1.54) is 4.90 Å². The van der Waals surface area contributed by atoms with E-state index in [9.17, 15) is 4.79 Å². The van der Waals surface area contributed by atoms with Gasteiger partial charge in [0.25, 0.3) is 0 Å². The van der Waals surface area contributed by atoms with Gasteiger partial charge in [0.1, 0.15) is 6.04 Å². The molecule has 1 aliphatic rings. The molecule has 1 heterocycles. The van der Waals surface area contributed by atoms with Crippen LogP contribution in [0.15, 0.2) is 35.2 Å². The fraction of sp³-hybridized carbons (Fsp3) is 0.533. The molecule has 1 aromatic carbocycles. The topological polar surface area (TPSA) is 50.4 Å². The van der Waals surface area contributed by atoms with Crippen molar-refractivity contribution >= 4 is 30.1 Å². The van der Waals surface area contributed by atoms with E-state index >= 15 is 0 Å². The largest absolute Gasteiger partial charge is 0.375 e. The van der Waals surface area contributed by atoms with Crippen LogP contribution in [0.2, 0.25) is 0 Å². The molecule has 0 spiro atoms. The second kappa shape index (κ2) is 9.30. The van der Waals surface area contributed by atoms with Crippen LogP contribution in [0.1, 0.15) is 13.8 Å². The van der Waals surface area contributed by atoms with Gasteiger partial charge in [-0.05, 0) is 19.1 Å². The van der Waals surface area contributed by atoms with Crippen LogP contribution in [0.3, 0.4) is 0 Å². The van der Waals surface area contributed by atoms with E-state index in [0.29, 0.717) is 18.4 Å². The molecule has 0 saturated carbocycles. The van der Waals surface area contributed by atoms with E-state index in [2.05, 4.69) is 29.7 Å². The molecule has 1 amide bonds. The van der Waals surface area contributed by atoms with Crippen LogP contribution in [0.4, 0.5) is 0 Å². The van der Waals surface area contributed by atoms with Crippen molar-refractivity contribution in [3.8, 4) is 0 Å². The van der Waals surface area contributed by atoms with Crippen LogP contribution in [0.25, 0.3) is 0 Å². The molecule has 0 bridgehead atoms. The lowest BCUT2D eigenvalue weighted by Crippen LogP contribution is -2.56. The molecule has 1 saturated heterocycles.